The van der Waals surface area contributed by atoms with Crippen LogP contribution in [0, 0.1) is 0 Å². The highest BCUT2D eigenvalue weighted by molar-refractivity contribution is 6.31. The van der Waals surface area contributed by atoms with Crippen LogP contribution in [0.5, 0.6) is 11.5 Å². The average molecular weight is 292 g/mol. The van der Waals surface area contributed by atoms with Crippen LogP contribution in [0.4, 0.5) is 5.69 Å². The summed E-state index contributed by atoms with van der Waals surface area (Å²) in [6.45, 7) is 3.19. The summed E-state index contributed by atoms with van der Waals surface area (Å²) in [5, 5.41) is 0.655. The van der Waals surface area contributed by atoms with Crippen molar-refractivity contribution in [3.05, 3.63) is 53.1 Å². The lowest BCUT2D eigenvalue weighted by Gasteiger charge is -2.09. The van der Waals surface area contributed by atoms with E-state index < -0.39 is 0 Å². The summed E-state index contributed by atoms with van der Waals surface area (Å²) in [5.41, 5.74) is 7.28. The molecule has 106 valence electrons. The van der Waals surface area contributed by atoms with Gasteiger partial charge in [-0.1, -0.05) is 18.5 Å². The zero-order valence-corrected chi connectivity index (χ0v) is 12.2. The average Bonchev–Trinajstić information content (AvgIpc) is 2.47. The van der Waals surface area contributed by atoms with Crippen molar-refractivity contribution in [1.29, 1.82) is 0 Å². The molecule has 2 aromatic rings. The van der Waals surface area contributed by atoms with Gasteiger partial charge in [0.05, 0.1) is 6.61 Å². The maximum Gasteiger partial charge on any atom is 0.120 e. The normalized spacial score (nSPS) is 10.3. The van der Waals surface area contributed by atoms with E-state index >= 15 is 0 Å². The summed E-state index contributed by atoms with van der Waals surface area (Å²) in [7, 11) is 0. The molecule has 20 heavy (non-hydrogen) atoms. The molecule has 0 radical (unpaired) electrons. The molecule has 2 aromatic carbocycles. The van der Waals surface area contributed by atoms with Crippen LogP contribution >= 0.6 is 11.6 Å². The molecular formula is C16H18ClNO2. The number of nitrogens with two attached hydrogens (primary N) is 1. The van der Waals surface area contributed by atoms with E-state index in [2.05, 4.69) is 6.92 Å². The number of hydrogen-bond acceptors (Lipinski definition) is 3. The van der Waals surface area contributed by atoms with Crippen LogP contribution in [0.1, 0.15) is 18.9 Å². The van der Waals surface area contributed by atoms with Crippen LogP contribution in [0.15, 0.2) is 42.5 Å². The molecule has 0 aliphatic heterocycles. The molecule has 0 aliphatic rings. The van der Waals surface area contributed by atoms with E-state index in [0.717, 1.165) is 30.1 Å². The fourth-order valence-corrected chi connectivity index (χ4v) is 1.89. The Labute approximate surface area is 124 Å². The van der Waals surface area contributed by atoms with Gasteiger partial charge in [-0.3, -0.25) is 0 Å². The Balaban J connectivity index is 1.95. The van der Waals surface area contributed by atoms with Crippen LogP contribution < -0.4 is 15.2 Å². The van der Waals surface area contributed by atoms with Gasteiger partial charge in [-0.25, -0.2) is 0 Å². The molecule has 0 bridgehead atoms. The molecule has 2 rings (SSSR count). The second kappa shape index (κ2) is 7.06. The fraction of sp³-hybridized carbons (Fsp3) is 0.250. The quantitative estimate of drug-likeness (QED) is 0.808. The van der Waals surface area contributed by atoms with Gasteiger partial charge in [-0.05, 0) is 48.9 Å². The first-order chi connectivity index (χ1) is 9.69. The van der Waals surface area contributed by atoms with E-state index in [1.807, 2.05) is 30.3 Å². The summed E-state index contributed by atoms with van der Waals surface area (Å²) in [6, 6.07) is 12.9. The van der Waals surface area contributed by atoms with Crippen LogP contribution in [0.3, 0.4) is 0 Å². The van der Waals surface area contributed by atoms with Crippen molar-refractivity contribution in [2.75, 3.05) is 12.3 Å². The minimum atomic E-state index is 0.388. The molecule has 0 unspecified atom stereocenters. The van der Waals surface area contributed by atoms with E-state index in [9.17, 15) is 0 Å². The number of rotatable bonds is 6. The van der Waals surface area contributed by atoms with Crippen molar-refractivity contribution >= 4 is 17.3 Å². The highest BCUT2D eigenvalue weighted by atomic mass is 35.5. The first-order valence-corrected chi connectivity index (χ1v) is 6.96. The van der Waals surface area contributed by atoms with E-state index in [-0.39, 0.29) is 0 Å². The summed E-state index contributed by atoms with van der Waals surface area (Å²) in [6.07, 6.45) is 0.992. The van der Waals surface area contributed by atoms with Crippen LogP contribution in [0.2, 0.25) is 5.02 Å². The van der Waals surface area contributed by atoms with Crippen LogP contribution in [-0.2, 0) is 6.61 Å². The zero-order chi connectivity index (χ0) is 14.4. The van der Waals surface area contributed by atoms with E-state index in [4.69, 9.17) is 26.8 Å². The molecule has 0 atom stereocenters. The fourth-order valence-electron chi connectivity index (χ4n) is 1.72. The second-order valence-electron chi connectivity index (χ2n) is 4.46. The van der Waals surface area contributed by atoms with Crippen molar-refractivity contribution in [1.82, 2.24) is 0 Å². The van der Waals surface area contributed by atoms with Gasteiger partial charge >= 0.3 is 0 Å². The Bertz CT molecular complexity index is 555. The molecular weight excluding hydrogens is 274 g/mol. The molecule has 0 amide bonds. The van der Waals surface area contributed by atoms with Crippen molar-refractivity contribution in [2.24, 2.45) is 0 Å². The summed E-state index contributed by atoms with van der Waals surface area (Å²) in [4.78, 5) is 0. The highest BCUT2D eigenvalue weighted by Gasteiger charge is 2.02. The lowest BCUT2D eigenvalue weighted by Crippen LogP contribution is -1.98. The number of benzene rings is 2. The maximum atomic E-state index is 6.09. The highest BCUT2D eigenvalue weighted by Crippen LogP contribution is 2.22. The third kappa shape index (κ3) is 4.07. The van der Waals surface area contributed by atoms with Gasteiger partial charge in [-0.2, -0.15) is 0 Å². The first-order valence-electron chi connectivity index (χ1n) is 6.58. The van der Waals surface area contributed by atoms with Gasteiger partial charge in [0, 0.05) is 16.3 Å². The summed E-state index contributed by atoms with van der Waals surface area (Å²) >= 11 is 6.09. The van der Waals surface area contributed by atoms with Crippen molar-refractivity contribution in [2.45, 2.75) is 20.0 Å². The minimum Gasteiger partial charge on any atom is -0.494 e. The van der Waals surface area contributed by atoms with Crippen molar-refractivity contribution < 1.29 is 9.47 Å². The molecule has 0 fully saturated rings. The first kappa shape index (κ1) is 14.5. The van der Waals surface area contributed by atoms with Crippen molar-refractivity contribution in [3.8, 4) is 11.5 Å². The standard InChI is InChI=1S/C16H18ClNO2/c1-2-9-19-14-4-6-15(7-5-14)20-11-12-10-13(18)3-8-16(12)17/h3-8,10H,2,9,11,18H2,1H3. The molecule has 0 saturated carbocycles. The van der Waals surface area contributed by atoms with Gasteiger partial charge in [0.1, 0.15) is 18.1 Å². The largest absolute Gasteiger partial charge is 0.494 e. The second-order valence-corrected chi connectivity index (χ2v) is 4.87. The van der Waals surface area contributed by atoms with Gasteiger partial charge in [0.2, 0.25) is 0 Å². The number of halogens is 1. The third-order valence-corrected chi connectivity index (χ3v) is 3.13. The van der Waals surface area contributed by atoms with Crippen LogP contribution in [0.25, 0.3) is 0 Å². The van der Waals surface area contributed by atoms with Gasteiger partial charge in [-0.15, -0.1) is 0 Å². The zero-order valence-electron chi connectivity index (χ0n) is 11.4. The van der Waals surface area contributed by atoms with Gasteiger partial charge in [0.25, 0.3) is 0 Å². The molecule has 0 spiro atoms. The lowest BCUT2D eigenvalue weighted by molar-refractivity contribution is 0.301. The smallest absolute Gasteiger partial charge is 0.120 e. The molecule has 0 aliphatic carbocycles. The monoisotopic (exact) mass is 291 g/mol. The molecule has 0 saturated heterocycles. The summed E-state index contributed by atoms with van der Waals surface area (Å²) < 4.78 is 11.2. The van der Waals surface area contributed by atoms with Gasteiger partial charge in [0.15, 0.2) is 0 Å². The molecule has 0 aromatic heterocycles. The molecule has 4 heteroatoms. The SMILES string of the molecule is CCCOc1ccc(OCc2cc(N)ccc2Cl)cc1. The number of nitrogen functional groups attached to an aromatic ring is 1. The third-order valence-electron chi connectivity index (χ3n) is 2.76. The Morgan fingerprint density at radius 1 is 1.00 bits per heavy atom. The number of ether oxygens (including phenoxy) is 2. The summed E-state index contributed by atoms with van der Waals surface area (Å²) in [5.74, 6) is 1.62. The Hall–Kier alpha value is -1.87. The molecule has 2 N–H and O–H groups in total. The van der Waals surface area contributed by atoms with Crippen LogP contribution in [-0.4, -0.2) is 6.61 Å². The Morgan fingerprint density at radius 2 is 1.65 bits per heavy atom. The van der Waals surface area contributed by atoms with Gasteiger partial charge < -0.3 is 15.2 Å². The molecule has 3 nitrogen and oxygen atoms in total. The molecule has 0 heterocycles. The van der Waals surface area contributed by atoms with Crippen molar-refractivity contribution in [3.63, 3.8) is 0 Å². The van der Waals surface area contributed by atoms with E-state index in [1.54, 1.807) is 12.1 Å². The maximum absolute atomic E-state index is 6.09. The predicted octanol–water partition coefficient (Wildman–Crippen LogP) is 4.29. The van der Waals surface area contributed by atoms with E-state index in [1.165, 1.54) is 0 Å². The Morgan fingerprint density at radius 3 is 2.30 bits per heavy atom. The Kier molecular flexibility index (Phi) is 5.13. The topological polar surface area (TPSA) is 44.5 Å². The number of anilines is 1. The minimum absolute atomic E-state index is 0.388. The number of hydrogen-bond donors (Lipinski definition) is 1. The predicted molar refractivity (Wildman–Crippen MR) is 82.4 cm³/mol. The lowest BCUT2D eigenvalue weighted by atomic mass is 10.2. The van der Waals surface area contributed by atoms with E-state index in [0.29, 0.717) is 17.3 Å².